The number of rotatable bonds is 8. The number of H-pyrrole nitrogens is 3. The fourth-order valence-corrected chi connectivity index (χ4v) is 7.16. The van der Waals surface area contributed by atoms with Crippen LogP contribution in [0.2, 0.25) is 5.02 Å². The van der Waals surface area contributed by atoms with Crippen LogP contribution in [-0.2, 0) is 6.54 Å². The summed E-state index contributed by atoms with van der Waals surface area (Å²) in [7, 11) is 0. The Hall–Kier alpha value is -6.75. The summed E-state index contributed by atoms with van der Waals surface area (Å²) in [6.45, 7) is 0.556. The highest BCUT2D eigenvalue weighted by molar-refractivity contribution is 9.10. The number of nitrogens with one attached hydrogen (secondary N) is 5. The SMILES string of the molecule is O=C(Nc1ccc(Br)cc1-c1noc(=O)[nH]1)c1cc2ccc(Cl)cc2[nH]1.O=C(Nc1ccc(Br)cc1-c1noc(=O)[nH]1)c1cc2ccccc2n1Cc1ccccc1. The van der Waals surface area contributed by atoms with Crippen molar-refractivity contribution >= 4 is 88.5 Å². The third-order valence-corrected chi connectivity index (χ3v) is 10.1. The zero-order valence-electron chi connectivity index (χ0n) is 29.7. The molecule has 0 radical (unpaired) electrons. The number of carbonyl (C=O) groups is 2. The molecule has 0 atom stereocenters. The van der Waals surface area contributed by atoms with Crippen molar-refractivity contribution in [3.8, 4) is 22.8 Å². The second-order valence-corrected chi connectivity index (χ2v) is 15.0. The van der Waals surface area contributed by atoms with E-state index in [1.54, 1.807) is 54.6 Å². The molecular weight excluding hydrogens is 896 g/mol. The van der Waals surface area contributed by atoms with Crippen molar-refractivity contribution in [3.63, 3.8) is 0 Å². The highest BCUT2D eigenvalue weighted by atomic mass is 79.9. The van der Waals surface area contributed by atoms with E-state index < -0.39 is 11.5 Å². The van der Waals surface area contributed by atoms with Gasteiger partial charge < -0.3 is 20.2 Å². The predicted octanol–water partition coefficient (Wildman–Crippen LogP) is 9.23. The van der Waals surface area contributed by atoms with E-state index >= 15 is 0 Å². The van der Waals surface area contributed by atoms with Crippen molar-refractivity contribution in [1.29, 1.82) is 0 Å². The van der Waals surface area contributed by atoms with Gasteiger partial charge in [0.15, 0.2) is 11.6 Å². The first kappa shape index (κ1) is 38.1. The molecule has 0 spiro atoms. The molecule has 17 heteroatoms. The number of aromatic nitrogens is 6. The molecule has 0 unspecified atom stereocenters. The summed E-state index contributed by atoms with van der Waals surface area (Å²) < 4.78 is 12.7. The molecule has 4 aromatic heterocycles. The van der Waals surface area contributed by atoms with Gasteiger partial charge in [0.2, 0.25) is 0 Å². The lowest BCUT2D eigenvalue weighted by Gasteiger charge is -2.13. The van der Waals surface area contributed by atoms with Gasteiger partial charge in [-0.15, -0.1) is 0 Å². The van der Waals surface area contributed by atoms with Crippen molar-refractivity contribution in [2.45, 2.75) is 6.54 Å². The molecule has 0 bridgehead atoms. The molecule has 14 nitrogen and oxygen atoms in total. The third kappa shape index (κ3) is 8.34. The number of amides is 2. The standard InChI is InChI=1S/C24H17BrN4O3.C17H10BrClN4O3/c25-17-10-11-19(18(13-17)22-27-24(31)32-28-22)26-23(30)21-12-16-8-4-5-9-20(16)29(21)14-15-6-2-1-3-7-15;18-9-2-4-12(11(6-9)15-22-17(25)26-23-15)21-16(24)14-5-8-1-3-10(19)7-13(8)20-14/h1-13H,14H2,(H,26,30)(H,27,28,31);1-7,20H,(H,21,24)(H,22,23,25). The van der Waals surface area contributed by atoms with Crippen LogP contribution >= 0.6 is 43.5 Å². The lowest BCUT2D eigenvalue weighted by molar-refractivity contribution is 0.101. The topological polar surface area (TPSA) is 197 Å². The van der Waals surface area contributed by atoms with Crippen molar-refractivity contribution < 1.29 is 18.6 Å². The highest BCUT2D eigenvalue weighted by Crippen LogP contribution is 2.31. The summed E-state index contributed by atoms with van der Waals surface area (Å²) in [6.07, 6.45) is 0. The van der Waals surface area contributed by atoms with Crippen molar-refractivity contribution in [1.82, 2.24) is 29.8 Å². The summed E-state index contributed by atoms with van der Waals surface area (Å²) in [4.78, 5) is 56.7. The molecule has 4 heterocycles. The van der Waals surface area contributed by atoms with Crippen LogP contribution in [0.4, 0.5) is 11.4 Å². The van der Waals surface area contributed by atoms with Crippen molar-refractivity contribution in [2.24, 2.45) is 0 Å². The molecule has 0 aliphatic rings. The van der Waals surface area contributed by atoms with Gasteiger partial charge in [-0.3, -0.25) is 28.6 Å². The van der Waals surface area contributed by atoms with Gasteiger partial charge in [-0.25, -0.2) is 9.59 Å². The molecule has 0 saturated heterocycles. The van der Waals surface area contributed by atoms with Crippen LogP contribution in [0.3, 0.4) is 0 Å². The molecular formula is C41H27Br2ClN8O6. The third-order valence-electron chi connectivity index (χ3n) is 8.91. The fraction of sp³-hybridized carbons (Fsp3) is 0.0244. The van der Waals surface area contributed by atoms with E-state index in [0.29, 0.717) is 45.5 Å². The maximum Gasteiger partial charge on any atom is 0.439 e. The number of carbonyl (C=O) groups excluding carboxylic acids is 2. The Balaban J connectivity index is 0.000000165. The molecule has 0 fully saturated rings. The van der Waals surface area contributed by atoms with Crippen LogP contribution in [-0.4, -0.2) is 41.6 Å². The summed E-state index contributed by atoms with van der Waals surface area (Å²) in [5, 5.41) is 15.6. The maximum absolute atomic E-state index is 13.4. The van der Waals surface area contributed by atoms with E-state index in [2.05, 4.69) is 76.8 Å². The Morgan fingerprint density at radius 2 is 1.26 bits per heavy atom. The van der Waals surface area contributed by atoms with E-state index in [-0.39, 0.29) is 23.5 Å². The monoisotopic (exact) mass is 920 g/mol. The summed E-state index contributed by atoms with van der Waals surface area (Å²) >= 11 is 12.7. The largest absolute Gasteiger partial charge is 0.439 e. The molecule has 0 aliphatic heterocycles. The molecule has 0 saturated carbocycles. The molecule has 5 aromatic carbocycles. The molecule has 5 N–H and O–H groups in total. The van der Waals surface area contributed by atoms with Gasteiger partial charge in [0.05, 0.1) is 11.4 Å². The smallest absolute Gasteiger partial charge is 0.350 e. The van der Waals surface area contributed by atoms with Gasteiger partial charge in [-0.1, -0.05) is 108 Å². The van der Waals surface area contributed by atoms with Gasteiger partial charge in [0.1, 0.15) is 11.4 Å². The molecule has 9 rings (SSSR count). The lowest BCUT2D eigenvalue weighted by atomic mass is 10.1. The lowest BCUT2D eigenvalue weighted by Crippen LogP contribution is -2.18. The predicted molar refractivity (Wildman–Crippen MR) is 227 cm³/mol. The quantitative estimate of drug-likeness (QED) is 0.0994. The van der Waals surface area contributed by atoms with Crippen LogP contribution in [0.15, 0.2) is 149 Å². The maximum atomic E-state index is 13.4. The number of halogens is 3. The minimum atomic E-state index is -0.676. The van der Waals surface area contributed by atoms with Crippen LogP contribution < -0.4 is 22.1 Å². The zero-order valence-corrected chi connectivity index (χ0v) is 33.6. The number of para-hydroxylation sites is 1. The van der Waals surface area contributed by atoms with Crippen LogP contribution in [0.1, 0.15) is 26.5 Å². The number of benzene rings is 5. The number of anilines is 2. The van der Waals surface area contributed by atoms with Crippen molar-refractivity contribution in [3.05, 3.63) is 173 Å². The zero-order chi connectivity index (χ0) is 40.3. The minimum absolute atomic E-state index is 0.218. The van der Waals surface area contributed by atoms with E-state index in [1.807, 2.05) is 71.3 Å². The summed E-state index contributed by atoms with van der Waals surface area (Å²) in [6, 6.07) is 37.3. The van der Waals surface area contributed by atoms with E-state index in [0.717, 1.165) is 36.3 Å². The van der Waals surface area contributed by atoms with Gasteiger partial charge in [-0.05, 0) is 72.3 Å². The Labute approximate surface area is 348 Å². The van der Waals surface area contributed by atoms with Gasteiger partial charge >= 0.3 is 11.5 Å². The Morgan fingerprint density at radius 1 is 0.655 bits per heavy atom. The number of hydrogen-bond acceptors (Lipinski definition) is 8. The van der Waals surface area contributed by atoms with E-state index in [1.165, 1.54) is 0 Å². The summed E-state index contributed by atoms with van der Waals surface area (Å²) in [5.74, 6) is -1.50. The number of hydrogen-bond donors (Lipinski definition) is 5. The normalized spacial score (nSPS) is 11.0. The molecule has 58 heavy (non-hydrogen) atoms. The highest BCUT2D eigenvalue weighted by Gasteiger charge is 2.20. The number of aromatic amines is 3. The minimum Gasteiger partial charge on any atom is -0.350 e. The second-order valence-electron chi connectivity index (χ2n) is 12.8. The Kier molecular flexibility index (Phi) is 10.8. The van der Waals surface area contributed by atoms with Gasteiger partial charge in [-0.2, -0.15) is 0 Å². The van der Waals surface area contributed by atoms with Gasteiger partial charge in [0, 0.05) is 53.4 Å². The summed E-state index contributed by atoms with van der Waals surface area (Å²) in [5.41, 5.74) is 5.74. The van der Waals surface area contributed by atoms with Crippen molar-refractivity contribution in [2.75, 3.05) is 10.6 Å². The van der Waals surface area contributed by atoms with Gasteiger partial charge in [0.25, 0.3) is 11.8 Å². The second kappa shape index (κ2) is 16.4. The van der Waals surface area contributed by atoms with Crippen LogP contribution in [0.25, 0.3) is 44.6 Å². The average molecular weight is 923 g/mol. The first-order chi connectivity index (χ1) is 28.1. The first-order valence-corrected chi connectivity index (χ1v) is 19.3. The van der Waals surface area contributed by atoms with Crippen LogP contribution in [0, 0.1) is 0 Å². The number of nitrogens with zero attached hydrogens (tertiary/aromatic N) is 3. The van der Waals surface area contributed by atoms with E-state index in [9.17, 15) is 19.2 Å². The Morgan fingerprint density at radius 3 is 1.88 bits per heavy atom. The first-order valence-electron chi connectivity index (χ1n) is 17.3. The average Bonchev–Trinajstić information content (AvgIpc) is 4.03. The van der Waals surface area contributed by atoms with E-state index in [4.69, 9.17) is 11.6 Å². The molecule has 9 aromatic rings. The Bertz CT molecular complexity index is 3090. The molecule has 0 aliphatic carbocycles. The number of fused-ring (bicyclic) bond motifs is 2. The molecule has 288 valence electrons. The fourth-order valence-electron chi connectivity index (χ4n) is 6.27. The molecule has 2 amide bonds. The van der Waals surface area contributed by atoms with Crippen LogP contribution in [0.5, 0.6) is 0 Å².